The second-order valence-electron chi connectivity index (χ2n) is 5.17. The van der Waals surface area contributed by atoms with Crippen molar-refractivity contribution in [2.75, 3.05) is 18.4 Å². The zero-order valence-electron chi connectivity index (χ0n) is 13.1. The van der Waals surface area contributed by atoms with Crippen LogP contribution in [0.4, 0.5) is 5.82 Å². The quantitative estimate of drug-likeness (QED) is 0.605. The van der Waals surface area contributed by atoms with E-state index in [0.717, 1.165) is 5.82 Å². The Hall–Kier alpha value is -3.23. The first kappa shape index (κ1) is 15.7. The molecule has 0 radical (unpaired) electrons. The smallest absolute Gasteiger partial charge is 0.264 e. The van der Waals surface area contributed by atoms with Gasteiger partial charge in [0, 0.05) is 26.3 Å². The Balaban J connectivity index is 1.53. The maximum absolute atomic E-state index is 12.3. The number of nitrogens with zero attached hydrogens (tertiary/aromatic N) is 5. The van der Waals surface area contributed by atoms with Crippen LogP contribution in [0, 0.1) is 0 Å². The summed E-state index contributed by atoms with van der Waals surface area (Å²) in [5.74, 6) is 0.485. The molecule has 3 heterocycles. The Bertz CT molecular complexity index is 901. The predicted molar refractivity (Wildman–Crippen MR) is 88.5 cm³/mol. The standard InChI is InChI=1S/C15H17N7O2/c1-21-14-11(8-20-21)15(24)22(10-19-14)9-13(23)18-7-6-17-12-4-2-3-5-16-12/h2-5,8,10H,6-7,9H2,1H3,(H,16,17)(H,18,23). The minimum atomic E-state index is -0.283. The van der Waals surface area contributed by atoms with E-state index in [1.54, 1.807) is 13.2 Å². The van der Waals surface area contributed by atoms with Crippen LogP contribution in [0.1, 0.15) is 0 Å². The molecule has 1 amide bonds. The Morgan fingerprint density at radius 1 is 1.25 bits per heavy atom. The van der Waals surface area contributed by atoms with Gasteiger partial charge >= 0.3 is 0 Å². The van der Waals surface area contributed by atoms with Gasteiger partial charge in [0.1, 0.15) is 24.1 Å². The van der Waals surface area contributed by atoms with Crippen LogP contribution in [0.5, 0.6) is 0 Å². The van der Waals surface area contributed by atoms with Gasteiger partial charge in [0.25, 0.3) is 5.56 Å². The molecular weight excluding hydrogens is 310 g/mol. The van der Waals surface area contributed by atoms with Crippen LogP contribution in [-0.4, -0.2) is 43.3 Å². The summed E-state index contributed by atoms with van der Waals surface area (Å²) < 4.78 is 2.79. The highest BCUT2D eigenvalue weighted by Gasteiger charge is 2.10. The summed E-state index contributed by atoms with van der Waals surface area (Å²) in [4.78, 5) is 32.5. The number of nitrogens with one attached hydrogen (secondary N) is 2. The lowest BCUT2D eigenvalue weighted by Gasteiger charge is -2.08. The molecule has 3 aromatic rings. The number of carbonyl (C=O) groups is 1. The molecule has 9 nitrogen and oxygen atoms in total. The fraction of sp³-hybridized carbons (Fsp3) is 0.267. The van der Waals surface area contributed by atoms with E-state index in [9.17, 15) is 9.59 Å². The fourth-order valence-electron chi connectivity index (χ4n) is 2.25. The van der Waals surface area contributed by atoms with Crippen molar-refractivity contribution in [3.8, 4) is 0 Å². The third-order valence-electron chi connectivity index (χ3n) is 3.45. The van der Waals surface area contributed by atoms with Crippen molar-refractivity contribution in [1.82, 2.24) is 29.6 Å². The van der Waals surface area contributed by atoms with Crippen molar-refractivity contribution in [2.45, 2.75) is 6.54 Å². The van der Waals surface area contributed by atoms with Crippen molar-refractivity contribution < 1.29 is 4.79 Å². The second kappa shape index (κ2) is 6.90. The molecule has 0 bridgehead atoms. The van der Waals surface area contributed by atoms with Gasteiger partial charge in [-0.15, -0.1) is 0 Å². The molecule has 0 aliphatic rings. The number of pyridine rings is 1. The normalized spacial score (nSPS) is 10.7. The highest BCUT2D eigenvalue weighted by atomic mass is 16.2. The first-order valence-corrected chi connectivity index (χ1v) is 7.44. The van der Waals surface area contributed by atoms with E-state index in [2.05, 4.69) is 25.7 Å². The average Bonchev–Trinajstić information content (AvgIpc) is 2.97. The van der Waals surface area contributed by atoms with Gasteiger partial charge in [0.05, 0.1) is 6.20 Å². The van der Waals surface area contributed by atoms with Gasteiger partial charge in [-0.05, 0) is 12.1 Å². The Labute approximate surface area is 137 Å². The molecule has 0 fully saturated rings. The highest BCUT2D eigenvalue weighted by molar-refractivity contribution is 5.77. The molecule has 24 heavy (non-hydrogen) atoms. The lowest BCUT2D eigenvalue weighted by atomic mass is 10.4. The Morgan fingerprint density at radius 2 is 2.12 bits per heavy atom. The van der Waals surface area contributed by atoms with Crippen molar-refractivity contribution in [2.24, 2.45) is 7.05 Å². The molecule has 0 saturated heterocycles. The topological polar surface area (TPSA) is 107 Å². The minimum Gasteiger partial charge on any atom is -0.368 e. The number of aryl methyl sites for hydroxylation is 1. The van der Waals surface area contributed by atoms with E-state index in [4.69, 9.17) is 0 Å². The van der Waals surface area contributed by atoms with E-state index in [-0.39, 0.29) is 18.0 Å². The first-order valence-electron chi connectivity index (χ1n) is 7.44. The molecule has 2 N–H and O–H groups in total. The number of amides is 1. The number of fused-ring (bicyclic) bond motifs is 1. The van der Waals surface area contributed by atoms with Crippen LogP contribution < -0.4 is 16.2 Å². The van der Waals surface area contributed by atoms with Crippen LogP contribution in [-0.2, 0) is 18.4 Å². The van der Waals surface area contributed by atoms with Crippen LogP contribution in [0.3, 0.4) is 0 Å². The van der Waals surface area contributed by atoms with Gasteiger partial charge in [0.15, 0.2) is 5.65 Å². The second-order valence-corrected chi connectivity index (χ2v) is 5.17. The van der Waals surface area contributed by atoms with Crippen molar-refractivity contribution in [1.29, 1.82) is 0 Å². The molecule has 0 spiro atoms. The molecule has 0 saturated carbocycles. The van der Waals surface area contributed by atoms with E-state index >= 15 is 0 Å². The molecule has 3 rings (SSSR count). The van der Waals surface area contributed by atoms with Crippen LogP contribution >= 0.6 is 0 Å². The summed E-state index contributed by atoms with van der Waals surface area (Å²) in [5, 5.41) is 10.2. The van der Waals surface area contributed by atoms with E-state index in [1.807, 2.05) is 18.2 Å². The lowest BCUT2D eigenvalue weighted by molar-refractivity contribution is -0.121. The summed E-state index contributed by atoms with van der Waals surface area (Å²) in [5.41, 5.74) is 0.214. The van der Waals surface area contributed by atoms with E-state index in [0.29, 0.717) is 24.1 Å². The van der Waals surface area contributed by atoms with Gasteiger partial charge in [0.2, 0.25) is 5.91 Å². The zero-order chi connectivity index (χ0) is 16.9. The summed E-state index contributed by atoms with van der Waals surface area (Å²) in [6, 6.07) is 5.55. The molecular formula is C15H17N7O2. The Morgan fingerprint density at radius 3 is 2.92 bits per heavy atom. The number of anilines is 1. The number of carbonyl (C=O) groups excluding carboxylic acids is 1. The average molecular weight is 327 g/mol. The number of aromatic nitrogens is 5. The number of hydrogen-bond acceptors (Lipinski definition) is 6. The van der Waals surface area contributed by atoms with Gasteiger partial charge in [-0.1, -0.05) is 6.07 Å². The Kier molecular flexibility index (Phi) is 4.50. The maximum Gasteiger partial charge on any atom is 0.264 e. The van der Waals surface area contributed by atoms with E-state index < -0.39 is 0 Å². The molecule has 124 valence electrons. The third-order valence-corrected chi connectivity index (χ3v) is 3.45. The van der Waals surface area contributed by atoms with Crippen LogP contribution in [0.25, 0.3) is 11.0 Å². The largest absolute Gasteiger partial charge is 0.368 e. The van der Waals surface area contributed by atoms with Gasteiger partial charge in [-0.25, -0.2) is 9.97 Å². The summed E-state index contributed by atoms with van der Waals surface area (Å²) >= 11 is 0. The lowest BCUT2D eigenvalue weighted by Crippen LogP contribution is -2.34. The first-order chi connectivity index (χ1) is 11.6. The summed E-state index contributed by atoms with van der Waals surface area (Å²) in [6.07, 6.45) is 4.50. The van der Waals surface area contributed by atoms with Gasteiger partial charge in [-0.3, -0.25) is 18.8 Å². The number of rotatable bonds is 6. The van der Waals surface area contributed by atoms with Crippen LogP contribution in [0.15, 0.2) is 41.7 Å². The summed E-state index contributed by atoms with van der Waals surface area (Å²) in [7, 11) is 1.71. The minimum absolute atomic E-state index is 0.0831. The number of hydrogen-bond donors (Lipinski definition) is 2. The fourth-order valence-corrected chi connectivity index (χ4v) is 2.25. The van der Waals surface area contributed by atoms with Crippen LogP contribution in [0.2, 0.25) is 0 Å². The monoisotopic (exact) mass is 327 g/mol. The molecule has 0 atom stereocenters. The maximum atomic E-state index is 12.3. The summed E-state index contributed by atoms with van der Waals surface area (Å²) in [6.45, 7) is 0.879. The predicted octanol–water partition coefficient (Wildman–Crippen LogP) is -0.247. The van der Waals surface area contributed by atoms with Crippen molar-refractivity contribution >= 4 is 22.8 Å². The van der Waals surface area contributed by atoms with E-state index in [1.165, 1.54) is 21.8 Å². The van der Waals surface area contributed by atoms with Crippen molar-refractivity contribution in [3.05, 3.63) is 47.3 Å². The SMILES string of the molecule is Cn1ncc2c(=O)n(CC(=O)NCCNc3ccccn3)cnc21. The molecule has 0 aliphatic carbocycles. The molecule has 0 aromatic carbocycles. The van der Waals surface area contributed by atoms with Gasteiger partial charge < -0.3 is 10.6 Å². The molecule has 0 aliphatic heterocycles. The third kappa shape index (κ3) is 3.40. The molecule has 9 heteroatoms. The van der Waals surface area contributed by atoms with Crippen molar-refractivity contribution in [3.63, 3.8) is 0 Å². The molecule has 0 unspecified atom stereocenters. The van der Waals surface area contributed by atoms with Gasteiger partial charge in [-0.2, -0.15) is 5.10 Å². The zero-order valence-corrected chi connectivity index (χ0v) is 13.1. The highest BCUT2D eigenvalue weighted by Crippen LogP contribution is 2.02. The molecule has 3 aromatic heterocycles.